The number of amides is 1. The van der Waals surface area contributed by atoms with Crippen LogP contribution in [0.5, 0.6) is 0 Å². The van der Waals surface area contributed by atoms with Crippen LogP contribution in [0.2, 0.25) is 0 Å². The highest BCUT2D eigenvalue weighted by Crippen LogP contribution is 2.15. The van der Waals surface area contributed by atoms with Crippen molar-refractivity contribution in [1.29, 1.82) is 0 Å². The summed E-state index contributed by atoms with van der Waals surface area (Å²) in [6.45, 7) is 0.422. The lowest BCUT2D eigenvalue weighted by Crippen LogP contribution is -2.22. The van der Waals surface area contributed by atoms with Gasteiger partial charge in [-0.3, -0.25) is 19.3 Å². The maximum absolute atomic E-state index is 12.0. The van der Waals surface area contributed by atoms with Gasteiger partial charge in [-0.25, -0.2) is 0 Å². The molecule has 2 aromatic heterocycles. The molecule has 2 heterocycles. The van der Waals surface area contributed by atoms with Crippen LogP contribution in [0.25, 0.3) is 11.3 Å². The maximum atomic E-state index is 12.0. The molecule has 1 N–H and O–H groups in total. The Hall–Kier alpha value is -3.28. The quantitative estimate of drug-likeness (QED) is 0.625. The molecule has 1 aromatic carbocycles. The SMILES string of the molecule is Cn1cc(-c2ccc(CNC(=O)CCCC(=O)c3ccccc3)cn2)cn1. The monoisotopic (exact) mass is 362 g/mol. The second-order valence-corrected chi connectivity index (χ2v) is 6.37. The van der Waals surface area contributed by atoms with Crippen molar-refractivity contribution in [3.05, 3.63) is 72.2 Å². The molecule has 0 fully saturated rings. The van der Waals surface area contributed by atoms with Gasteiger partial charge < -0.3 is 5.32 Å². The van der Waals surface area contributed by atoms with Crippen molar-refractivity contribution in [2.75, 3.05) is 0 Å². The molecule has 0 radical (unpaired) electrons. The first-order valence-corrected chi connectivity index (χ1v) is 8.91. The Bertz CT molecular complexity index is 901. The molecule has 3 rings (SSSR count). The van der Waals surface area contributed by atoms with Crippen LogP contribution >= 0.6 is 0 Å². The first kappa shape index (κ1) is 18.5. The number of pyridine rings is 1. The van der Waals surface area contributed by atoms with E-state index in [4.69, 9.17) is 0 Å². The Morgan fingerprint density at radius 3 is 2.52 bits per heavy atom. The highest BCUT2D eigenvalue weighted by molar-refractivity contribution is 5.96. The van der Waals surface area contributed by atoms with Crippen LogP contribution in [0.1, 0.15) is 35.2 Å². The number of nitrogens with one attached hydrogen (secondary N) is 1. The largest absolute Gasteiger partial charge is 0.352 e. The van der Waals surface area contributed by atoms with Crippen LogP contribution in [-0.2, 0) is 18.4 Å². The number of carbonyl (C=O) groups is 2. The van der Waals surface area contributed by atoms with Crippen LogP contribution in [0, 0.1) is 0 Å². The lowest BCUT2D eigenvalue weighted by molar-refractivity contribution is -0.121. The minimum absolute atomic E-state index is 0.0628. The third-order valence-corrected chi connectivity index (χ3v) is 4.22. The number of aryl methyl sites for hydroxylation is 1. The maximum Gasteiger partial charge on any atom is 0.220 e. The molecule has 0 aliphatic carbocycles. The number of benzene rings is 1. The normalized spacial score (nSPS) is 10.6. The number of hydrogen-bond acceptors (Lipinski definition) is 4. The molecule has 27 heavy (non-hydrogen) atoms. The zero-order chi connectivity index (χ0) is 19.1. The van der Waals surface area contributed by atoms with Crippen molar-refractivity contribution in [3.63, 3.8) is 0 Å². The average Bonchev–Trinajstić information content (AvgIpc) is 3.14. The van der Waals surface area contributed by atoms with Crippen LogP contribution in [0.3, 0.4) is 0 Å². The molecule has 0 unspecified atom stereocenters. The van der Waals surface area contributed by atoms with Gasteiger partial charge in [0, 0.05) is 50.0 Å². The molecule has 0 atom stereocenters. The van der Waals surface area contributed by atoms with E-state index in [1.165, 1.54) is 0 Å². The van der Waals surface area contributed by atoms with Gasteiger partial charge in [0.1, 0.15) is 0 Å². The Labute approximate surface area is 158 Å². The van der Waals surface area contributed by atoms with Crippen LogP contribution in [0.15, 0.2) is 61.1 Å². The van der Waals surface area contributed by atoms with E-state index < -0.39 is 0 Å². The molecular weight excluding hydrogens is 340 g/mol. The molecule has 0 aliphatic heterocycles. The fourth-order valence-electron chi connectivity index (χ4n) is 2.72. The molecule has 138 valence electrons. The summed E-state index contributed by atoms with van der Waals surface area (Å²) in [5, 5.41) is 7.00. The Kier molecular flexibility index (Phi) is 6.10. The fourth-order valence-corrected chi connectivity index (χ4v) is 2.72. The molecule has 0 aliphatic rings. The number of hydrogen-bond donors (Lipinski definition) is 1. The van der Waals surface area contributed by atoms with Crippen molar-refractivity contribution < 1.29 is 9.59 Å². The number of aromatic nitrogens is 3. The molecule has 1 amide bonds. The van der Waals surface area contributed by atoms with Crippen molar-refractivity contribution >= 4 is 11.7 Å². The first-order valence-electron chi connectivity index (χ1n) is 8.91. The lowest BCUT2D eigenvalue weighted by atomic mass is 10.1. The van der Waals surface area contributed by atoms with Crippen molar-refractivity contribution in [2.24, 2.45) is 7.05 Å². The van der Waals surface area contributed by atoms with E-state index >= 15 is 0 Å². The molecule has 0 saturated heterocycles. The fraction of sp³-hybridized carbons (Fsp3) is 0.238. The molecule has 0 bridgehead atoms. The standard InChI is InChI=1S/C21H22N4O2/c1-25-15-18(14-24-25)19-11-10-16(12-22-19)13-23-21(27)9-5-8-20(26)17-6-3-2-4-7-17/h2-4,6-7,10-12,14-15H,5,8-9,13H2,1H3,(H,23,27). The molecule has 0 saturated carbocycles. The summed E-state index contributed by atoms with van der Waals surface area (Å²) in [6, 6.07) is 13.0. The van der Waals surface area contributed by atoms with Gasteiger partial charge in [0.2, 0.25) is 5.91 Å². The number of ketones is 1. The van der Waals surface area contributed by atoms with E-state index in [-0.39, 0.29) is 11.7 Å². The van der Waals surface area contributed by atoms with Gasteiger partial charge in [-0.2, -0.15) is 5.10 Å². The third-order valence-electron chi connectivity index (χ3n) is 4.22. The van der Waals surface area contributed by atoms with Crippen molar-refractivity contribution in [2.45, 2.75) is 25.8 Å². The minimum Gasteiger partial charge on any atom is -0.352 e. The predicted molar refractivity (Wildman–Crippen MR) is 103 cm³/mol. The first-order chi connectivity index (χ1) is 13.1. The smallest absolute Gasteiger partial charge is 0.220 e. The second kappa shape index (κ2) is 8.89. The Morgan fingerprint density at radius 1 is 1.04 bits per heavy atom. The number of Topliss-reactive ketones (excluding diaryl/α,β-unsaturated/α-hetero) is 1. The van der Waals surface area contributed by atoms with Gasteiger partial charge in [0.25, 0.3) is 0 Å². The van der Waals surface area contributed by atoms with Crippen LogP contribution in [-0.4, -0.2) is 26.5 Å². The zero-order valence-corrected chi connectivity index (χ0v) is 15.3. The Balaban J connectivity index is 1.40. The lowest BCUT2D eigenvalue weighted by Gasteiger charge is -2.06. The van der Waals surface area contributed by atoms with E-state index in [0.29, 0.717) is 31.4 Å². The highest BCUT2D eigenvalue weighted by atomic mass is 16.1. The van der Waals surface area contributed by atoms with E-state index in [2.05, 4.69) is 15.4 Å². The Morgan fingerprint density at radius 2 is 1.85 bits per heavy atom. The van der Waals surface area contributed by atoms with Crippen LogP contribution in [0.4, 0.5) is 0 Å². The summed E-state index contributed by atoms with van der Waals surface area (Å²) in [5.74, 6) is 0.00536. The van der Waals surface area contributed by atoms with Gasteiger partial charge in [-0.05, 0) is 18.1 Å². The van der Waals surface area contributed by atoms with Crippen molar-refractivity contribution in [1.82, 2.24) is 20.1 Å². The molecule has 6 nitrogen and oxygen atoms in total. The average molecular weight is 362 g/mol. The van der Waals surface area contributed by atoms with E-state index in [0.717, 1.165) is 16.8 Å². The van der Waals surface area contributed by atoms with Gasteiger partial charge >= 0.3 is 0 Å². The van der Waals surface area contributed by atoms with E-state index in [9.17, 15) is 9.59 Å². The van der Waals surface area contributed by atoms with Gasteiger partial charge in [-0.1, -0.05) is 36.4 Å². The molecule has 0 spiro atoms. The molecular formula is C21H22N4O2. The van der Waals surface area contributed by atoms with Crippen molar-refractivity contribution in [3.8, 4) is 11.3 Å². The number of rotatable bonds is 8. The van der Waals surface area contributed by atoms with E-state index in [1.807, 2.05) is 43.6 Å². The summed E-state index contributed by atoms with van der Waals surface area (Å²) in [4.78, 5) is 28.4. The number of nitrogens with zero attached hydrogens (tertiary/aromatic N) is 3. The van der Waals surface area contributed by atoms with Crippen LogP contribution < -0.4 is 5.32 Å². The molecule has 6 heteroatoms. The predicted octanol–water partition coefficient (Wildman–Crippen LogP) is 3.15. The summed E-state index contributed by atoms with van der Waals surface area (Å²) < 4.78 is 1.73. The van der Waals surface area contributed by atoms with Gasteiger partial charge in [0.15, 0.2) is 5.78 Å². The van der Waals surface area contributed by atoms with Gasteiger partial charge in [0.05, 0.1) is 11.9 Å². The van der Waals surface area contributed by atoms with Gasteiger partial charge in [-0.15, -0.1) is 0 Å². The zero-order valence-electron chi connectivity index (χ0n) is 15.3. The summed E-state index contributed by atoms with van der Waals surface area (Å²) in [7, 11) is 1.86. The highest BCUT2D eigenvalue weighted by Gasteiger charge is 2.08. The number of carbonyl (C=O) groups excluding carboxylic acids is 2. The summed E-state index contributed by atoms with van der Waals surface area (Å²) in [6.07, 6.45) is 6.67. The topological polar surface area (TPSA) is 76.9 Å². The summed E-state index contributed by atoms with van der Waals surface area (Å²) in [5.41, 5.74) is 3.42. The minimum atomic E-state index is -0.0628. The van der Waals surface area contributed by atoms with E-state index in [1.54, 1.807) is 29.2 Å². The summed E-state index contributed by atoms with van der Waals surface area (Å²) >= 11 is 0. The third kappa shape index (κ3) is 5.34. The second-order valence-electron chi connectivity index (χ2n) is 6.37. The molecule has 3 aromatic rings.